The molecule has 0 bridgehead atoms. The van der Waals surface area contributed by atoms with Crippen LogP contribution in [0.5, 0.6) is 0 Å². The summed E-state index contributed by atoms with van der Waals surface area (Å²) in [4.78, 5) is 24.0. The lowest BCUT2D eigenvalue weighted by Gasteiger charge is -2.03. The van der Waals surface area contributed by atoms with Crippen molar-refractivity contribution in [2.24, 2.45) is 0 Å². The highest BCUT2D eigenvalue weighted by atomic mass is 16.1. The zero-order valence-corrected chi connectivity index (χ0v) is 28.2. The Kier molecular flexibility index (Phi) is 12.8. The predicted octanol–water partition coefficient (Wildman–Crippen LogP) is 10.8. The summed E-state index contributed by atoms with van der Waals surface area (Å²) < 4.78 is 0. The summed E-state index contributed by atoms with van der Waals surface area (Å²) in [6, 6.07) is 50.3. The molecule has 0 atom stereocenters. The van der Waals surface area contributed by atoms with Gasteiger partial charge in [0.25, 0.3) is 0 Å². The summed E-state index contributed by atoms with van der Waals surface area (Å²) >= 11 is 0. The Labute approximate surface area is 280 Å². The lowest BCUT2D eigenvalue weighted by molar-refractivity contribution is 0.0991. The maximum absolute atomic E-state index is 12.1. The van der Waals surface area contributed by atoms with E-state index in [1.54, 1.807) is 0 Å². The van der Waals surface area contributed by atoms with Gasteiger partial charge in [0.2, 0.25) is 0 Å². The van der Waals surface area contributed by atoms with Crippen molar-refractivity contribution in [1.29, 1.82) is 0 Å². The third kappa shape index (κ3) is 11.5. The summed E-state index contributed by atoms with van der Waals surface area (Å²) in [5.74, 6) is 0.254. The fourth-order valence-corrected chi connectivity index (χ4v) is 4.84. The van der Waals surface area contributed by atoms with Crippen LogP contribution in [-0.4, -0.2) is 11.6 Å². The summed E-state index contributed by atoms with van der Waals surface area (Å²) in [6.45, 7) is 10.3. The fraction of sp³-hybridized carbons (Fsp3) is 0.156. The van der Waals surface area contributed by atoms with Crippen molar-refractivity contribution in [3.8, 4) is 0 Å². The first-order valence-electron chi connectivity index (χ1n) is 16.1. The molecule has 0 heterocycles. The summed E-state index contributed by atoms with van der Waals surface area (Å²) in [7, 11) is 0. The SMILES string of the molecule is Cc1ccc(C(=O)c2ccc(C)cc2)cc1.Cc1ccc(CC(=O)c2ccccc2)cc1.Cc1ccc(Cc2ccc(C)cc2)cc1. The van der Waals surface area contributed by atoms with Crippen LogP contribution in [0.15, 0.2) is 152 Å². The van der Waals surface area contributed by atoms with Gasteiger partial charge in [-0.1, -0.05) is 179 Å². The predicted molar refractivity (Wildman–Crippen MR) is 197 cm³/mol. The summed E-state index contributed by atoms with van der Waals surface area (Å²) in [5, 5.41) is 0. The molecule has 0 aliphatic carbocycles. The Balaban J connectivity index is 0.000000160. The van der Waals surface area contributed by atoms with Crippen LogP contribution in [0.1, 0.15) is 70.8 Å². The van der Waals surface area contributed by atoms with Crippen LogP contribution in [0.25, 0.3) is 0 Å². The third-order valence-electron chi connectivity index (χ3n) is 7.86. The summed E-state index contributed by atoms with van der Waals surface area (Å²) in [6.07, 6.45) is 1.50. The number of benzene rings is 6. The Bertz CT molecular complexity index is 1740. The van der Waals surface area contributed by atoms with E-state index < -0.39 is 0 Å². The molecule has 6 aromatic rings. The number of ketones is 2. The van der Waals surface area contributed by atoms with Gasteiger partial charge in [-0.15, -0.1) is 0 Å². The van der Waals surface area contributed by atoms with E-state index in [1.807, 2.05) is 124 Å². The van der Waals surface area contributed by atoms with Crippen molar-refractivity contribution in [2.45, 2.75) is 47.5 Å². The number of carbonyl (C=O) groups is 2. The van der Waals surface area contributed by atoms with Gasteiger partial charge >= 0.3 is 0 Å². The van der Waals surface area contributed by atoms with E-state index in [0.29, 0.717) is 6.42 Å². The van der Waals surface area contributed by atoms with Gasteiger partial charge in [-0.2, -0.15) is 0 Å². The van der Waals surface area contributed by atoms with Gasteiger partial charge in [0.1, 0.15) is 0 Å². The van der Waals surface area contributed by atoms with Crippen LogP contribution < -0.4 is 0 Å². The minimum atomic E-state index is 0.0833. The zero-order valence-electron chi connectivity index (χ0n) is 28.2. The molecular weight excluding hydrogens is 572 g/mol. The molecule has 6 rings (SSSR count). The first kappa shape index (κ1) is 34.5. The maximum Gasteiger partial charge on any atom is 0.193 e. The molecule has 0 unspecified atom stereocenters. The van der Waals surface area contributed by atoms with Crippen LogP contribution >= 0.6 is 0 Å². The molecule has 0 saturated carbocycles. The molecule has 0 radical (unpaired) electrons. The molecular formula is C45H44O2. The first-order valence-corrected chi connectivity index (χ1v) is 16.1. The smallest absolute Gasteiger partial charge is 0.193 e. The topological polar surface area (TPSA) is 34.1 Å². The monoisotopic (exact) mass is 616 g/mol. The van der Waals surface area contributed by atoms with Gasteiger partial charge in [0.05, 0.1) is 0 Å². The zero-order chi connectivity index (χ0) is 33.6. The van der Waals surface area contributed by atoms with Crippen molar-refractivity contribution >= 4 is 11.6 Å². The highest BCUT2D eigenvalue weighted by molar-refractivity contribution is 6.09. The van der Waals surface area contributed by atoms with Crippen LogP contribution in [0.2, 0.25) is 0 Å². The van der Waals surface area contributed by atoms with Gasteiger partial charge < -0.3 is 0 Å². The van der Waals surface area contributed by atoms with Gasteiger partial charge in [0, 0.05) is 23.1 Å². The van der Waals surface area contributed by atoms with Crippen LogP contribution in [0.4, 0.5) is 0 Å². The first-order chi connectivity index (χ1) is 22.7. The van der Waals surface area contributed by atoms with E-state index in [4.69, 9.17) is 0 Å². The van der Waals surface area contributed by atoms with E-state index in [1.165, 1.54) is 38.9 Å². The van der Waals surface area contributed by atoms with Crippen molar-refractivity contribution in [1.82, 2.24) is 0 Å². The second-order valence-electron chi connectivity index (χ2n) is 12.2. The highest BCUT2D eigenvalue weighted by Crippen LogP contribution is 2.13. The summed E-state index contributed by atoms with van der Waals surface area (Å²) in [5.41, 5.74) is 12.3. The molecule has 47 heavy (non-hydrogen) atoms. The Morgan fingerprint density at radius 1 is 0.362 bits per heavy atom. The second-order valence-corrected chi connectivity index (χ2v) is 12.2. The number of aryl methyl sites for hydroxylation is 5. The molecule has 0 aliphatic heterocycles. The van der Waals surface area contributed by atoms with Gasteiger partial charge in [-0.3, -0.25) is 9.59 Å². The largest absolute Gasteiger partial charge is 0.294 e. The minimum Gasteiger partial charge on any atom is -0.294 e. The van der Waals surface area contributed by atoms with Crippen molar-refractivity contribution in [2.75, 3.05) is 0 Å². The fourth-order valence-electron chi connectivity index (χ4n) is 4.84. The quantitative estimate of drug-likeness (QED) is 0.167. The number of rotatable bonds is 7. The van der Waals surface area contributed by atoms with E-state index in [0.717, 1.165) is 28.7 Å². The average Bonchev–Trinajstić information content (AvgIpc) is 3.09. The number of Topliss-reactive ketones (excluding diaryl/α,β-unsaturated/α-hetero) is 1. The van der Waals surface area contributed by atoms with E-state index in [9.17, 15) is 9.59 Å². The van der Waals surface area contributed by atoms with Crippen LogP contribution in [0, 0.1) is 34.6 Å². The molecule has 0 saturated heterocycles. The molecule has 0 spiro atoms. The maximum atomic E-state index is 12.1. The second kappa shape index (κ2) is 17.4. The molecule has 0 fully saturated rings. The normalized spacial score (nSPS) is 10.1. The van der Waals surface area contributed by atoms with Crippen LogP contribution in [-0.2, 0) is 12.8 Å². The molecule has 236 valence electrons. The Morgan fingerprint density at radius 2 is 0.681 bits per heavy atom. The van der Waals surface area contributed by atoms with Gasteiger partial charge in [-0.05, 0) is 57.7 Å². The lowest BCUT2D eigenvalue weighted by Crippen LogP contribution is -2.02. The standard InChI is InChI=1S/2C15H14O.C15H16/c1-11-3-7-13(8-4-11)15(16)14-9-5-12(2)6-10-14;1-12-7-9-13(10-8-12)11-15(16)14-5-3-2-4-6-14;1-12-3-7-14(8-4-12)11-15-9-5-13(2)6-10-15/h3-10H,1-2H3;2-10H,11H2,1H3;3-10H,11H2,1-2H3. The molecule has 2 nitrogen and oxygen atoms in total. The molecule has 0 aromatic heterocycles. The Morgan fingerprint density at radius 3 is 1.04 bits per heavy atom. The number of hydrogen-bond acceptors (Lipinski definition) is 2. The number of hydrogen-bond donors (Lipinski definition) is 0. The van der Waals surface area contributed by atoms with E-state index >= 15 is 0 Å². The minimum absolute atomic E-state index is 0.0833. The van der Waals surface area contributed by atoms with E-state index in [2.05, 4.69) is 62.4 Å². The van der Waals surface area contributed by atoms with E-state index in [-0.39, 0.29) is 11.6 Å². The molecule has 6 aromatic carbocycles. The lowest BCUT2D eigenvalue weighted by atomic mass is 10.0. The molecule has 2 heteroatoms. The average molecular weight is 617 g/mol. The van der Waals surface area contributed by atoms with Gasteiger partial charge in [0.15, 0.2) is 11.6 Å². The number of carbonyl (C=O) groups excluding carboxylic acids is 2. The third-order valence-corrected chi connectivity index (χ3v) is 7.86. The molecule has 0 N–H and O–H groups in total. The van der Waals surface area contributed by atoms with Gasteiger partial charge in [-0.25, -0.2) is 0 Å². The van der Waals surface area contributed by atoms with Crippen molar-refractivity contribution in [3.05, 3.63) is 213 Å². The van der Waals surface area contributed by atoms with Crippen molar-refractivity contribution < 1.29 is 9.59 Å². The molecule has 0 amide bonds. The Hall–Kier alpha value is -5.34. The van der Waals surface area contributed by atoms with Crippen LogP contribution in [0.3, 0.4) is 0 Å². The highest BCUT2D eigenvalue weighted by Gasteiger charge is 2.08. The van der Waals surface area contributed by atoms with Crippen molar-refractivity contribution in [3.63, 3.8) is 0 Å². The molecule has 0 aliphatic rings.